The van der Waals surface area contributed by atoms with Crippen LogP contribution in [0.3, 0.4) is 0 Å². The van der Waals surface area contributed by atoms with E-state index >= 15 is 0 Å². The summed E-state index contributed by atoms with van der Waals surface area (Å²) in [5.74, 6) is 0.197. The molecule has 5 heteroatoms. The number of amides is 1. The van der Waals surface area contributed by atoms with E-state index < -0.39 is 5.60 Å². The van der Waals surface area contributed by atoms with Crippen LogP contribution in [0.25, 0.3) is 0 Å². The van der Waals surface area contributed by atoms with Gasteiger partial charge in [-0.1, -0.05) is 6.92 Å². The van der Waals surface area contributed by atoms with Crippen molar-refractivity contribution in [3.63, 3.8) is 0 Å². The molecule has 1 aromatic carbocycles. The maximum Gasteiger partial charge on any atom is 0.256 e. The number of hydrogen-bond donors (Lipinski definition) is 1. The van der Waals surface area contributed by atoms with Crippen LogP contribution in [0, 0.1) is 11.3 Å². The minimum absolute atomic E-state index is 0.250. The minimum Gasteiger partial charge on any atom is -0.495 e. The molecule has 0 spiro atoms. The summed E-state index contributed by atoms with van der Waals surface area (Å²) in [4.78, 5) is 12.2. The van der Waals surface area contributed by atoms with Crippen LogP contribution in [-0.2, 0) is 9.53 Å². The molecule has 1 amide bonds. The van der Waals surface area contributed by atoms with Gasteiger partial charge in [0.25, 0.3) is 5.91 Å². The van der Waals surface area contributed by atoms with Crippen LogP contribution in [-0.4, -0.2) is 25.7 Å². The number of nitrogens with one attached hydrogen (secondary N) is 1. The predicted molar refractivity (Wildman–Crippen MR) is 72.0 cm³/mol. The summed E-state index contributed by atoms with van der Waals surface area (Å²) >= 11 is 0. The average Bonchev–Trinajstić information content (AvgIpc) is 2.46. The quantitative estimate of drug-likeness (QED) is 0.884. The number of hydrogen-bond acceptors (Lipinski definition) is 4. The Bertz CT molecular complexity index is 502. The van der Waals surface area contributed by atoms with Crippen molar-refractivity contribution in [3.8, 4) is 11.8 Å². The summed E-state index contributed by atoms with van der Waals surface area (Å²) in [6, 6.07) is 6.85. The van der Waals surface area contributed by atoms with Crippen LogP contribution in [0.5, 0.6) is 5.75 Å². The average molecular weight is 262 g/mol. The number of methoxy groups -OCH3 is 2. The van der Waals surface area contributed by atoms with Gasteiger partial charge in [0, 0.05) is 13.2 Å². The van der Waals surface area contributed by atoms with E-state index in [4.69, 9.17) is 14.7 Å². The smallest absolute Gasteiger partial charge is 0.256 e. The van der Waals surface area contributed by atoms with Gasteiger partial charge in [-0.15, -0.1) is 0 Å². The van der Waals surface area contributed by atoms with Crippen molar-refractivity contribution in [3.05, 3.63) is 23.8 Å². The Kier molecular flexibility index (Phi) is 4.90. The molecule has 1 atom stereocenters. The molecule has 0 aromatic heterocycles. The number of rotatable bonds is 5. The Labute approximate surface area is 113 Å². The largest absolute Gasteiger partial charge is 0.495 e. The second-order valence-electron chi connectivity index (χ2n) is 4.27. The third-order valence-corrected chi connectivity index (χ3v) is 3.18. The predicted octanol–water partition coefficient (Wildman–Crippen LogP) is 2.32. The molecule has 1 N–H and O–H groups in total. The number of nitriles is 1. The van der Waals surface area contributed by atoms with Crippen LogP contribution < -0.4 is 10.1 Å². The summed E-state index contributed by atoms with van der Waals surface area (Å²) in [7, 11) is 2.99. The van der Waals surface area contributed by atoms with Crippen molar-refractivity contribution >= 4 is 11.6 Å². The van der Waals surface area contributed by atoms with Gasteiger partial charge in [0.2, 0.25) is 0 Å². The lowest BCUT2D eigenvalue weighted by Crippen LogP contribution is -2.41. The van der Waals surface area contributed by atoms with Gasteiger partial charge < -0.3 is 14.8 Å². The van der Waals surface area contributed by atoms with Crippen molar-refractivity contribution in [1.82, 2.24) is 0 Å². The molecule has 0 bridgehead atoms. The molecule has 0 saturated heterocycles. The second-order valence-corrected chi connectivity index (χ2v) is 4.27. The summed E-state index contributed by atoms with van der Waals surface area (Å²) in [6.07, 6.45) is 0.550. The van der Waals surface area contributed by atoms with Crippen LogP contribution >= 0.6 is 0 Å². The normalized spacial score (nSPS) is 13.2. The lowest BCUT2D eigenvalue weighted by Gasteiger charge is -2.25. The zero-order valence-corrected chi connectivity index (χ0v) is 11.6. The number of anilines is 1. The third-order valence-electron chi connectivity index (χ3n) is 3.18. The van der Waals surface area contributed by atoms with E-state index in [1.165, 1.54) is 14.2 Å². The molecule has 0 heterocycles. The second kappa shape index (κ2) is 6.21. The standard InChI is InChI=1S/C14H18N2O3/c1-5-14(2,19-4)13(17)16-11-7-6-10(9-15)8-12(11)18-3/h6-8H,5H2,1-4H3,(H,16,17). The SMILES string of the molecule is CCC(C)(OC)C(=O)Nc1ccc(C#N)cc1OC. The zero-order valence-electron chi connectivity index (χ0n) is 11.6. The van der Waals surface area contributed by atoms with E-state index in [2.05, 4.69) is 5.32 Å². The first-order valence-corrected chi connectivity index (χ1v) is 5.95. The molecule has 0 radical (unpaired) electrons. The van der Waals surface area contributed by atoms with Crippen LogP contribution in [0.4, 0.5) is 5.69 Å². The van der Waals surface area contributed by atoms with Crippen molar-refractivity contribution < 1.29 is 14.3 Å². The molecule has 5 nitrogen and oxygen atoms in total. The highest BCUT2D eigenvalue weighted by atomic mass is 16.5. The highest BCUT2D eigenvalue weighted by molar-refractivity contribution is 5.98. The van der Waals surface area contributed by atoms with Gasteiger partial charge >= 0.3 is 0 Å². The molecule has 0 fully saturated rings. The third kappa shape index (κ3) is 3.24. The first-order chi connectivity index (χ1) is 9.00. The van der Waals surface area contributed by atoms with Crippen molar-refractivity contribution in [1.29, 1.82) is 5.26 Å². The first kappa shape index (κ1) is 15.0. The lowest BCUT2D eigenvalue weighted by atomic mass is 10.0. The minimum atomic E-state index is -0.890. The Balaban J connectivity index is 3.00. The molecule has 1 rings (SSSR count). The Morgan fingerprint density at radius 2 is 2.16 bits per heavy atom. The van der Waals surface area contributed by atoms with E-state index in [9.17, 15) is 4.79 Å². The van der Waals surface area contributed by atoms with Crippen molar-refractivity contribution in [2.75, 3.05) is 19.5 Å². The van der Waals surface area contributed by atoms with Crippen LogP contribution in [0.2, 0.25) is 0 Å². The fraction of sp³-hybridized carbons (Fsp3) is 0.429. The number of ether oxygens (including phenoxy) is 2. The Morgan fingerprint density at radius 1 is 1.47 bits per heavy atom. The lowest BCUT2D eigenvalue weighted by molar-refractivity contribution is -0.136. The van der Waals surface area contributed by atoms with Gasteiger partial charge in [-0.25, -0.2) is 0 Å². The van der Waals surface area contributed by atoms with Gasteiger partial charge in [0.15, 0.2) is 0 Å². The highest BCUT2D eigenvalue weighted by Crippen LogP contribution is 2.27. The molecule has 102 valence electrons. The summed E-state index contributed by atoms with van der Waals surface area (Å²) < 4.78 is 10.4. The van der Waals surface area contributed by atoms with Crippen molar-refractivity contribution in [2.45, 2.75) is 25.9 Å². The topological polar surface area (TPSA) is 71.3 Å². The van der Waals surface area contributed by atoms with Crippen LogP contribution in [0.1, 0.15) is 25.8 Å². The number of carbonyl (C=O) groups excluding carboxylic acids is 1. The fourth-order valence-corrected chi connectivity index (χ4v) is 1.52. The Morgan fingerprint density at radius 3 is 2.63 bits per heavy atom. The van der Waals surface area contributed by atoms with Gasteiger partial charge in [0.1, 0.15) is 11.4 Å². The first-order valence-electron chi connectivity index (χ1n) is 5.95. The molecular formula is C14H18N2O3. The van der Waals surface area contributed by atoms with Gasteiger partial charge in [0.05, 0.1) is 24.4 Å². The van der Waals surface area contributed by atoms with Gasteiger partial charge in [-0.2, -0.15) is 5.26 Å². The molecule has 0 saturated carbocycles. The molecule has 1 unspecified atom stereocenters. The Hall–Kier alpha value is -2.06. The highest BCUT2D eigenvalue weighted by Gasteiger charge is 2.31. The molecule has 0 aliphatic heterocycles. The number of benzene rings is 1. The monoisotopic (exact) mass is 262 g/mol. The van der Waals surface area contributed by atoms with Gasteiger partial charge in [-0.05, 0) is 25.5 Å². The summed E-state index contributed by atoms with van der Waals surface area (Å²) in [5, 5.41) is 11.6. The summed E-state index contributed by atoms with van der Waals surface area (Å²) in [6.45, 7) is 3.59. The molecule has 0 aliphatic rings. The maximum absolute atomic E-state index is 12.2. The molecule has 19 heavy (non-hydrogen) atoms. The van der Waals surface area contributed by atoms with E-state index in [1.807, 2.05) is 13.0 Å². The van der Waals surface area contributed by atoms with Crippen LogP contribution in [0.15, 0.2) is 18.2 Å². The van der Waals surface area contributed by atoms with E-state index in [0.717, 1.165) is 0 Å². The molecule has 1 aromatic rings. The molecular weight excluding hydrogens is 244 g/mol. The van der Waals surface area contributed by atoms with Crippen molar-refractivity contribution in [2.24, 2.45) is 0 Å². The summed E-state index contributed by atoms with van der Waals surface area (Å²) in [5.41, 5.74) is 0.0990. The van der Waals surface area contributed by atoms with E-state index in [-0.39, 0.29) is 5.91 Å². The van der Waals surface area contributed by atoms with E-state index in [1.54, 1.807) is 25.1 Å². The molecule has 0 aliphatic carbocycles. The maximum atomic E-state index is 12.2. The van der Waals surface area contributed by atoms with E-state index in [0.29, 0.717) is 23.4 Å². The van der Waals surface area contributed by atoms with Gasteiger partial charge in [-0.3, -0.25) is 4.79 Å². The fourth-order valence-electron chi connectivity index (χ4n) is 1.52. The number of carbonyl (C=O) groups is 1. The zero-order chi connectivity index (χ0) is 14.5. The number of nitrogens with zero attached hydrogens (tertiary/aromatic N) is 1.